The van der Waals surface area contributed by atoms with Crippen LogP contribution in [0.5, 0.6) is 0 Å². The van der Waals surface area contributed by atoms with Crippen molar-refractivity contribution < 1.29 is 14.4 Å². The van der Waals surface area contributed by atoms with Crippen molar-refractivity contribution in [3.63, 3.8) is 0 Å². The van der Waals surface area contributed by atoms with Gasteiger partial charge in [-0.3, -0.25) is 19.7 Å². The van der Waals surface area contributed by atoms with Crippen molar-refractivity contribution in [2.45, 2.75) is 44.6 Å². The number of nitrogens with one attached hydrogen (secondary N) is 2. The monoisotopic (exact) mass is 398 g/mol. The van der Waals surface area contributed by atoms with Gasteiger partial charge in [-0.15, -0.1) is 0 Å². The van der Waals surface area contributed by atoms with Gasteiger partial charge in [0.1, 0.15) is 6.04 Å². The normalized spacial score (nSPS) is 23.2. The first-order chi connectivity index (χ1) is 13.9. The number of hydrogen-bond acceptors (Lipinski definition) is 5. The van der Waals surface area contributed by atoms with Crippen LogP contribution in [0.4, 0.5) is 11.4 Å². The quantitative estimate of drug-likeness (QED) is 0.537. The minimum atomic E-state index is -0.417. The number of carbonyl (C=O) groups excluding carboxylic acids is 3. The molecule has 2 heterocycles. The molecule has 2 N–H and O–H groups in total. The van der Waals surface area contributed by atoms with Crippen LogP contribution in [0.1, 0.15) is 37.7 Å². The molecule has 3 fully saturated rings. The number of carbonyl (C=O) groups is 3. The molecule has 7 heteroatoms. The topological polar surface area (TPSA) is 81.8 Å². The SMILES string of the molecule is CN(C=O)c1c(CCC2CC3(CNC3)C2)cccc1N(C)C1CCC(=O)NC1=O. The highest BCUT2D eigenvalue weighted by molar-refractivity contribution is 6.02. The highest BCUT2D eigenvalue weighted by Gasteiger charge is 2.47. The number of imide groups is 1. The third-order valence-corrected chi connectivity index (χ3v) is 6.93. The van der Waals surface area contributed by atoms with Crippen molar-refractivity contribution >= 4 is 29.6 Å². The van der Waals surface area contributed by atoms with Crippen LogP contribution in [0.3, 0.4) is 0 Å². The van der Waals surface area contributed by atoms with Crippen LogP contribution >= 0.6 is 0 Å². The van der Waals surface area contributed by atoms with E-state index in [1.165, 1.54) is 12.8 Å². The number of nitrogens with zero attached hydrogens (tertiary/aromatic N) is 2. The van der Waals surface area contributed by atoms with Gasteiger partial charge in [0.2, 0.25) is 18.2 Å². The predicted octanol–water partition coefficient (Wildman–Crippen LogP) is 1.45. The van der Waals surface area contributed by atoms with Gasteiger partial charge in [0.15, 0.2) is 0 Å². The summed E-state index contributed by atoms with van der Waals surface area (Å²) in [6.45, 7) is 2.32. The Kier molecular flexibility index (Phi) is 5.34. The molecule has 1 atom stereocenters. The van der Waals surface area contributed by atoms with E-state index in [0.717, 1.165) is 55.2 Å². The molecule has 156 valence electrons. The number of likely N-dealkylation sites (N-methyl/N-ethyl adjacent to an activating group) is 1. The largest absolute Gasteiger partial charge is 0.361 e. The Morgan fingerprint density at radius 3 is 2.59 bits per heavy atom. The summed E-state index contributed by atoms with van der Waals surface area (Å²) in [5, 5.41) is 5.81. The average molecular weight is 399 g/mol. The zero-order chi connectivity index (χ0) is 20.6. The average Bonchev–Trinajstić information content (AvgIpc) is 2.64. The summed E-state index contributed by atoms with van der Waals surface area (Å²) >= 11 is 0. The minimum absolute atomic E-state index is 0.224. The Morgan fingerprint density at radius 1 is 1.21 bits per heavy atom. The number of rotatable bonds is 7. The van der Waals surface area contributed by atoms with E-state index in [1.54, 1.807) is 11.9 Å². The first kappa shape index (κ1) is 19.9. The third kappa shape index (κ3) is 3.75. The fourth-order valence-corrected chi connectivity index (χ4v) is 5.24. The first-order valence-corrected chi connectivity index (χ1v) is 10.5. The molecule has 0 radical (unpaired) electrons. The van der Waals surface area contributed by atoms with Crippen LogP contribution in [-0.2, 0) is 20.8 Å². The Balaban J connectivity index is 1.52. The first-order valence-electron chi connectivity index (χ1n) is 10.5. The molecule has 7 nitrogen and oxygen atoms in total. The van der Waals surface area contributed by atoms with Crippen LogP contribution in [0.15, 0.2) is 18.2 Å². The van der Waals surface area contributed by atoms with Gasteiger partial charge in [0.05, 0.1) is 11.4 Å². The van der Waals surface area contributed by atoms with Gasteiger partial charge in [-0.25, -0.2) is 0 Å². The highest BCUT2D eigenvalue weighted by Crippen LogP contribution is 2.50. The van der Waals surface area contributed by atoms with E-state index in [9.17, 15) is 14.4 Å². The van der Waals surface area contributed by atoms with E-state index in [1.807, 2.05) is 24.1 Å². The highest BCUT2D eigenvalue weighted by atomic mass is 16.2. The summed E-state index contributed by atoms with van der Waals surface area (Å²) in [5.41, 5.74) is 3.40. The summed E-state index contributed by atoms with van der Waals surface area (Å²) in [6.07, 6.45) is 6.26. The summed E-state index contributed by atoms with van der Waals surface area (Å²) < 4.78 is 0. The van der Waals surface area contributed by atoms with Crippen LogP contribution in [0, 0.1) is 11.3 Å². The molecule has 1 spiro atoms. The molecule has 1 saturated carbocycles. The number of piperidine rings is 1. The summed E-state index contributed by atoms with van der Waals surface area (Å²) in [6, 6.07) is 5.60. The summed E-state index contributed by atoms with van der Waals surface area (Å²) in [4.78, 5) is 39.0. The van der Waals surface area contributed by atoms with Gasteiger partial charge in [-0.05, 0) is 55.1 Å². The maximum atomic E-state index is 12.3. The lowest BCUT2D eigenvalue weighted by Crippen LogP contribution is -2.60. The molecule has 1 aromatic rings. The molecule has 1 aromatic carbocycles. The van der Waals surface area contributed by atoms with Crippen molar-refractivity contribution in [3.05, 3.63) is 23.8 Å². The van der Waals surface area contributed by atoms with Crippen molar-refractivity contribution in [1.29, 1.82) is 0 Å². The van der Waals surface area contributed by atoms with Crippen LogP contribution < -0.4 is 20.4 Å². The van der Waals surface area contributed by atoms with Gasteiger partial charge < -0.3 is 15.1 Å². The van der Waals surface area contributed by atoms with Gasteiger partial charge in [-0.1, -0.05) is 12.1 Å². The van der Waals surface area contributed by atoms with Crippen molar-refractivity contribution in [2.75, 3.05) is 37.0 Å². The van der Waals surface area contributed by atoms with Gasteiger partial charge >= 0.3 is 0 Å². The third-order valence-electron chi connectivity index (χ3n) is 6.93. The van der Waals surface area contributed by atoms with E-state index < -0.39 is 6.04 Å². The Hall–Kier alpha value is -2.41. The summed E-state index contributed by atoms with van der Waals surface area (Å²) in [7, 11) is 3.62. The predicted molar refractivity (Wildman–Crippen MR) is 112 cm³/mol. The minimum Gasteiger partial charge on any atom is -0.361 e. The maximum Gasteiger partial charge on any atom is 0.249 e. The maximum absolute atomic E-state index is 12.3. The van der Waals surface area contributed by atoms with Crippen LogP contribution in [-0.4, -0.2) is 51.5 Å². The molecular formula is C22H30N4O3. The standard InChI is InChI=1S/C22H30N4O3/c1-25(14-27)20-16(7-6-15-10-22(11-15)12-23-13-22)4-3-5-17(20)26(2)18-8-9-19(28)24-21(18)29/h3-5,14-15,18,23H,6-13H2,1-2H3,(H,24,28,29). The summed E-state index contributed by atoms with van der Waals surface area (Å²) in [5.74, 6) is 0.254. The van der Waals surface area contributed by atoms with E-state index in [4.69, 9.17) is 0 Å². The van der Waals surface area contributed by atoms with Gasteiger partial charge in [-0.2, -0.15) is 0 Å². The number of aryl methyl sites for hydroxylation is 1. The Bertz CT molecular complexity index is 812. The molecule has 2 aliphatic heterocycles. The molecule has 1 aliphatic carbocycles. The number of hydrogen-bond donors (Lipinski definition) is 2. The molecule has 2 saturated heterocycles. The fraction of sp³-hybridized carbons (Fsp3) is 0.591. The zero-order valence-electron chi connectivity index (χ0n) is 17.2. The van der Waals surface area contributed by atoms with Gasteiger partial charge in [0, 0.05) is 33.6 Å². The lowest BCUT2D eigenvalue weighted by molar-refractivity contribution is -0.134. The molecule has 0 aromatic heterocycles. The molecule has 1 unspecified atom stereocenters. The smallest absolute Gasteiger partial charge is 0.249 e. The number of amides is 3. The lowest BCUT2D eigenvalue weighted by atomic mass is 9.57. The molecule has 29 heavy (non-hydrogen) atoms. The fourth-order valence-electron chi connectivity index (χ4n) is 5.24. The number of para-hydroxylation sites is 1. The van der Waals surface area contributed by atoms with E-state index in [0.29, 0.717) is 18.3 Å². The van der Waals surface area contributed by atoms with E-state index in [-0.39, 0.29) is 11.8 Å². The number of anilines is 2. The van der Waals surface area contributed by atoms with Crippen molar-refractivity contribution in [2.24, 2.45) is 11.3 Å². The van der Waals surface area contributed by atoms with Crippen LogP contribution in [0.2, 0.25) is 0 Å². The Morgan fingerprint density at radius 2 is 1.97 bits per heavy atom. The lowest BCUT2D eigenvalue weighted by Gasteiger charge is -2.54. The van der Waals surface area contributed by atoms with E-state index >= 15 is 0 Å². The van der Waals surface area contributed by atoms with Crippen LogP contribution in [0.25, 0.3) is 0 Å². The molecule has 3 amide bonds. The second-order valence-corrected chi connectivity index (χ2v) is 9.00. The van der Waals surface area contributed by atoms with Gasteiger partial charge in [0.25, 0.3) is 0 Å². The molecule has 4 rings (SSSR count). The number of benzene rings is 1. The molecule has 3 aliphatic rings. The second kappa shape index (κ2) is 7.78. The molecular weight excluding hydrogens is 368 g/mol. The van der Waals surface area contributed by atoms with E-state index in [2.05, 4.69) is 16.7 Å². The zero-order valence-corrected chi connectivity index (χ0v) is 17.2. The van der Waals surface area contributed by atoms with Crippen molar-refractivity contribution in [3.8, 4) is 0 Å². The van der Waals surface area contributed by atoms with Crippen molar-refractivity contribution in [1.82, 2.24) is 10.6 Å². The Labute approximate surface area is 171 Å². The second-order valence-electron chi connectivity index (χ2n) is 9.00. The molecule has 0 bridgehead atoms.